The molecule has 30 heavy (non-hydrogen) atoms. The first kappa shape index (κ1) is 21.5. The van der Waals surface area contributed by atoms with Crippen LogP contribution in [0.15, 0.2) is 42.5 Å². The molecule has 1 atom stereocenters. The number of hydrogen-bond donors (Lipinski definition) is 0. The van der Waals surface area contributed by atoms with Crippen molar-refractivity contribution in [3.8, 4) is 11.5 Å². The molecule has 0 aromatic heterocycles. The molecule has 158 valence electrons. The lowest BCUT2D eigenvalue weighted by molar-refractivity contribution is -0.385. The molecule has 0 bridgehead atoms. The first-order valence-electron chi connectivity index (χ1n) is 9.12. The number of hydrogen-bond acceptors (Lipinski definition) is 7. The van der Waals surface area contributed by atoms with Gasteiger partial charge in [0.2, 0.25) is 5.75 Å². The van der Waals surface area contributed by atoms with Crippen molar-refractivity contribution in [1.82, 2.24) is 4.90 Å². The number of rotatable bonds is 6. The summed E-state index contributed by atoms with van der Waals surface area (Å²) in [5, 5.41) is 11.4. The van der Waals surface area contributed by atoms with Crippen LogP contribution in [0.2, 0.25) is 5.02 Å². The topological polar surface area (TPSA) is 108 Å². The van der Waals surface area contributed by atoms with Crippen molar-refractivity contribution in [2.45, 2.75) is 13.0 Å². The molecule has 9 nitrogen and oxygen atoms in total. The van der Waals surface area contributed by atoms with E-state index in [1.807, 2.05) is 6.92 Å². The highest BCUT2D eigenvalue weighted by Crippen LogP contribution is 2.33. The maximum absolute atomic E-state index is 12.2. The van der Waals surface area contributed by atoms with Crippen molar-refractivity contribution < 1.29 is 28.7 Å². The van der Waals surface area contributed by atoms with E-state index in [0.29, 0.717) is 19.7 Å². The summed E-state index contributed by atoms with van der Waals surface area (Å²) in [4.78, 5) is 36.5. The molecule has 0 radical (unpaired) electrons. The molecule has 2 aromatic rings. The van der Waals surface area contributed by atoms with Gasteiger partial charge in [0, 0.05) is 24.2 Å². The van der Waals surface area contributed by atoms with Gasteiger partial charge in [-0.3, -0.25) is 14.9 Å². The Labute approximate surface area is 177 Å². The van der Waals surface area contributed by atoms with Crippen LogP contribution in [0.4, 0.5) is 5.69 Å². The fourth-order valence-electron chi connectivity index (χ4n) is 2.85. The van der Waals surface area contributed by atoms with Gasteiger partial charge in [-0.15, -0.1) is 0 Å². The number of benzene rings is 2. The Kier molecular flexibility index (Phi) is 6.86. The van der Waals surface area contributed by atoms with Crippen LogP contribution in [-0.4, -0.2) is 54.1 Å². The fourth-order valence-corrected chi connectivity index (χ4v) is 3.02. The van der Waals surface area contributed by atoms with E-state index in [-0.39, 0.29) is 46.4 Å². The Hall–Kier alpha value is -3.17. The van der Waals surface area contributed by atoms with E-state index in [1.165, 1.54) is 42.5 Å². The van der Waals surface area contributed by atoms with Crippen molar-refractivity contribution in [1.29, 1.82) is 0 Å². The van der Waals surface area contributed by atoms with Gasteiger partial charge in [-0.25, -0.2) is 4.79 Å². The van der Waals surface area contributed by atoms with Gasteiger partial charge in [-0.1, -0.05) is 11.6 Å². The second-order valence-electron chi connectivity index (χ2n) is 6.59. The molecule has 1 saturated heterocycles. The molecule has 1 amide bonds. The summed E-state index contributed by atoms with van der Waals surface area (Å²) >= 11 is 5.78. The minimum atomic E-state index is -0.659. The highest BCUT2D eigenvalue weighted by molar-refractivity contribution is 6.30. The van der Waals surface area contributed by atoms with E-state index >= 15 is 0 Å². The van der Waals surface area contributed by atoms with Gasteiger partial charge in [-0.05, 0) is 43.3 Å². The number of carbonyl (C=O) groups is 2. The van der Waals surface area contributed by atoms with Gasteiger partial charge in [-0.2, -0.15) is 0 Å². The summed E-state index contributed by atoms with van der Waals surface area (Å²) in [7, 11) is 0. The maximum atomic E-state index is 12.2. The van der Waals surface area contributed by atoms with Crippen LogP contribution in [0, 0.1) is 10.1 Å². The average molecular weight is 435 g/mol. The lowest BCUT2D eigenvalue weighted by Gasteiger charge is -2.30. The van der Waals surface area contributed by atoms with Crippen molar-refractivity contribution in [3.63, 3.8) is 0 Å². The zero-order valence-corrected chi connectivity index (χ0v) is 16.8. The van der Waals surface area contributed by atoms with Crippen LogP contribution < -0.4 is 4.74 Å². The van der Waals surface area contributed by atoms with Crippen LogP contribution >= 0.6 is 11.6 Å². The molecule has 0 spiro atoms. The van der Waals surface area contributed by atoms with E-state index in [1.54, 1.807) is 4.90 Å². The third-order valence-corrected chi connectivity index (χ3v) is 4.59. The zero-order chi connectivity index (χ0) is 21.7. The molecule has 10 heteroatoms. The minimum absolute atomic E-state index is 0.0186. The van der Waals surface area contributed by atoms with Crippen molar-refractivity contribution in [2.24, 2.45) is 0 Å². The minimum Gasteiger partial charge on any atom is -0.452 e. The monoisotopic (exact) mass is 434 g/mol. The van der Waals surface area contributed by atoms with Gasteiger partial charge in [0.05, 0.1) is 23.2 Å². The predicted octanol–water partition coefficient (Wildman–Crippen LogP) is 3.44. The third-order valence-electron chi connectivity index (χ3n) is 4.36. The molecule has 0 N–H and O–H groups in total. The number of nitro benzene ring substituents is 1. The molecule has 0 saturated carbocycles. The molecular formula is C20H19ClN2O7. The van der Waals surface area contributed by atoms with Gasteiger partial charge in [0.1, 0.15) is 5.75 Å². The summed E-state index contributed by atoms with van der Waals surface area (Å²) in [6.45, 7) is 2.88. The standard InChI is InChI=1S/C20H19ClN2O7/c1-13-11-22(8-9-28-13)19(24)12-29-20(25)14-2-5-16(6-3-14)30-18-7-4-15(21)10-17(18)23(26)27/h2-7,10,13H,8-9,11-12H2,1H3. The number of ether oxygens (including phenoxy) is 3. The average Bonchev–Trinajstić information content (AvgIpc) is 2.73. The van der Waals surface area contributed by atoms with Crippen molar-refractivity contribution in [3.05, 3.63) is 63.2 Å². The summed E-state index contributed by atoms with van der Waals surface area (Å²) in [6.07, 6.45) is -0.0533. The van der Waals surface area contributed by atoms with E-state index in [9.17, 15) is 19.7 Å². The normalized spacial score (nSPS) is 16.1. The molecule has 2 aromatic carbocycles. The smallest absolute Gasteiger partial charge is 0.338 e. The lowest BCUT2D eigenvalue weighted by Crippen LogP contribution is -2.46. The summed E-state index contributed by atoms with van der Waals surface area (Å²) < 4.78 is 16.0. The number of halogens is 1. The zero-order valence-electron chi connectivity index (χ0n) is 16.1. The SMILES string of the molecule is CC1CN(C(=O)COC(=O)c2ccc(Oc3ccc(Cl)cc3[N+](=O)[O-])cc2)CCO1. The summed E-state index contributed by atoms with van der Waals surface area (Å²) in [5.41, 5.74) is -0.0574. The van der Waals surface area contributed by atoms with E-state index in [2.05, 4.69) is 0 Å². The van der Waals surface area contributed by atoms with Crippen LogP contribution in [0.5, 0.6) is 11.5 Å². The van der Waals surface area contributed by atoms with Crippen LogP contribution in [0.25, 0.3) is 0 Å². The lowest BCUT2D eigenvalue weighted by atomic mass is 10.2. The molecule has 1 fully saturated rings. The van der Waals surface area contributed by atoms with Gasteiger partial charge in [0.25, 0.3) is 5.91 Å². The molecule has 1 heterocycles. The molecule has 1 aliphatic heterocycles. The number of nitro groups is 1. The van der Waals surface area contributed by atoms with E-state index < -0.39 is 10.9 Å². The highest BCUT2D eigenvalue weighted by atomic mass is 35.5. The molecule has 3 rings (SSSR count). The number of nitrogens with zero attached hydrogens (tertiary/aromatic N) is 2. The number of amides is 1. The Morgan fingerprint density at radius 1 is 1.27 bits per heavy atom. The molecule has 1 unspecified atom stereocenters. The number of carbonyl (C=O) groups excluding carboxylic acids is 2. The summed E-state index contributed by atoms with van der Waals surface area (Å²) in [6, 6.07) is 9.89. The summed E-state index contributed by atoms with van der Waals surface area (Å²) in [5.74, 6) is -0.636. The van der Waals surface area contributed by atoms with Crippen LogP contribution in [-0.2, 0) is 14.3 Å². The molecule has 1 aliphatic rings. The number of esters is 1. The quantitative estimate of drug-likeness (QED) is 0.389. The maximum Gasteiger partial charge on any atom is 0.338 e. The van der Waals surface area contributed by atoms with E-state index in [0.717, 1.165) is 0 Å². The predicted molar refractivity (Wildman–Crippen MR) is 107 cm³/mol. The van der Waals surface area contributed by atoms with Gasteiger partial charge >= 0.3 is 11.7 Å². The Bertz CT molecular complexity index is 949. The Morgan fingerprint density at radius 2 is 2.00 bits per heavy atom. The van der Waals surface area contributed by atoms with Crippen LogP contribution in [0.1, 0.15) is 17.3 Å². The molecular weight excluding hydrogens is 416 g/mol. The second-order valence-corrected chi connectivity index (χ2v) is 7.03. The highest BCUT2D eigenvalue weighted by Gasteiger charge is 2.22. The van der Waals surface area contributed by atoms with Gasteiger partial charge in [0.15, 0.2) is 6.61 Å². The Balaban J connectivity index is 1.58. The Morgan fingerprint density at radius 3 is 2.67 bits per heavy atom. The fraction of sp³-hybridized carbons (Fsp3) is 0.300. The largest absolute Gasteiger partial charge is 0.452 e. The van der Waals surface area contributed by atoms with Crippen molar-refractivity contribution >= 4 is 29.2 Å². The van der Waals surface area contributed by atoms with E-state index in [4.69, 9.17) is 25.8 Å². The first-order valence-corrected chi connectivity index (χ1v) is 9.49. The number of morpholine rings is 1. The van der Waals surface area contributed by atoms with Crippen LogP contribution in [0.3, 0.4) is 0 Å². The second kappa shape index (κ2) is 9.55. The molecule has 0 aliphatic carbocycles. The first-order chi connectivity index (χ1) is 14.3. The van der Waals surface area contributed by atoms with Crippen molar-refractivity contribution in [2.75, 3.05) is 26.3 Å². The van der Waals surface area contributed by atoms with Gasteiger partial charge < -0.3 is 19.1 Å². The third kappa shape index (κ3) is 5.46.